The van der Waals surface area contributed by atoms with Crippen molar-refractivity contribution >= 4 is 10.0 Å². The maximum absolute atomic E-state index is 12.4. The number of aliphatic hydroxyl groups is 1. The van der Waals surface area contributed by atoms with Crippen molar-refractivity contribution in [3.63, 3.8) is 0 Å². The van der Waals surface area contributed by atoms with Gasteiger partial charge >= 0.3 is 0 Å². The number of H-pyrrole nitrogens is 1. The molecule has 0 radical (unpaired) electrons. The Morgan fingerprint density at radius 2 is 2.25 bits per heavy atom. The van der Waals surface area contributed by atoms with Crippen LogP contribution in [-0.4, -0.2) is 48.6 Å². The second-order valence-electron chi connectivity index (χ2n) is 4.77. The molecule has 0 aromatic carbocycles. The summed E-state index contributed by atoms with van der Waals surface area (Å²) >= 11 is 0. The molecule has 1 aromatic heterocycles. The summed E-state index contributed by atoms with van der Waals surface area (Å²) in [5.74, 6) is 0. The van der Waals surface area contributed by atoms with Crippen LogP contribution in [0.3, 0.4) is 0 Å². The molecule has 0 amide bonds. The van der Waals surface area contributed by atoms with Gasteiger partial charge in [0, 0.05) is 37.6 Å². The fourth-order valence-corrected chi connectivity index (χ4v) is 3.12. The third-order valence-corrected chi connectivity index (χ3v) is 4.58. The second kappa shape index (κ2) is 7.58. The van der Waals surface area contributed by atoms with Gasteiger partial charge in [-0.15, -0.1) is 6.58 Å². The molecule has 0 unspecified atom stereocenters. The molecule has 0 aliphatic rings. The van der Waals surface area contributed by atoms with E-state index in [4.69, 9.17) is 5.11 Å². The predicted molar refractivity (Wildman–Crippen MR) is 78.8 cm³/mol. The lowest BCUT2D eigenvalue weighted by Gasteiger charge is -2.18. The van der Waals surface area contributed by atoms with E-state index in [0.717, 1.165) is 5.69 Å². The smallest absolute Gasteiger partial charge is 0.244 e. The minimum atomic E-state index is -3.60. The minimum absolute atomic E-state index is 0.0547. The van der Waals surface area contributed by atoms with Crippen LogP contribution in [-0.2, 0) is 16.6 Å². The number of aromatic amines is 1. The van der Waals surface area contributed by atoms with E-state index in [1.165, 1.54) is 16.6 Å². The van der Waals surface area contributed by atoms with E-state index in [1.54, 1.807) is 6.07 Å². The number of aromatic nitrogens is 1. The molecule has 20 heavy (non-hydrogen) atoms. The summed E-state index contributed by atoms with van der Waals surface area (Å²) < 4.78 is 26.0. The van der Waals surface area contributed by atoms with E-state index in [2.05, 4.69) is 16.9 Å². The Kier molecular flexibility index (Phi) is 6.41. The molecule has 1 heterocycles. The Morgan fingerprint density at radius 1 is 1.55 bits per heavy atom. The Bertz CT molecular complexity index is 523. The van der Waals surface area contributed by atoms with Crippen molar-refractivity contribution in [1.29, 1.82) is 0 Å². The van der Waals surface area contributed by atoms with Gasteiger partial charge in [-0.1, -0.05) is 19.9 Å². The average molecular weight is 301 g/mol. The summed E-state index contributed by atoms with van der Waals surface area (Å²) in [5.41, 5.74) is 0.805. The lowest BCUT2D eigenvalue weighted by atomic mass is 10.3. The molecule has 1 aromatic rings. The SMILES string of the molecule is C=CCN(CCO)S(=O)(=O)c1c[nH]c(CNC(C)C)c1. The number of hydrogen-bond donors (Lipinski definition) is 3. The first-order valence-corrected chi connectivity index (χ1v) is 7.98. The first-order chi connectivity index (χ1) is 9.41. The van der Waals surface area contributed by atoms with Gasteiger partial charge in [-0.25, -0.2) is 8.42 Å². The number of aliphatic hydroxyl groups excluding tert-OH is 1. The minimum Gasteiger partial charge on any atom is -0.395 e. The molecule has 0 aliphatic heterocycles. The third kappa shape index (κ3) is 4.45. The maximum Gasteiger partial charge on any atom is 0.244 e. The zero-order chi connectivity index (χ0) is 15.2. The molecular weight excluding hydrogens is 278 g/mol. The Labute approximate surface area is 120 Å². The summed E-state index contributed by atoms with van der Waals surface area (Å²) in [7, 11) is -3.60. The third-order valence-electron chi connectivity index (χ3n) is 2.74. The number of rotatable bonds is 9. The van der Waals surface area contributed by atoms with E-state index < -0.39 is 10.0 Å². The molecule has 0 aliphatic carbocycles. The summed E-state index contributed by atoms with van der Waals surface area (Å²) in [4.78, 5) is 3.15. The molecule has 0 atom stereocenters. The van der Waals surface area contributed by atoms with Gasteiger partial charge < -0.3 is 15.4 Å². The number of nitrogens with zero attached hydrogens (tertiary/aromatic N) is 1. The lowest BCUT2D eigenvalue weighted by molar-refractivity contribution is 0.260. The molecule has 0 spiro atoms. The highest BCUT2D eigenvalue weighted by atomic mass is 32.2. The molecule has 7 heteroatoms. The second-order valence-corrected chi connectivity index (χ2v) is 6.71. The van der Waals surface area contributed by atoms with Gasteiger partial charge in [0.05, 0.1) is 11.5 Å². The van der Waals surface area contributed by atoms with Crippen molar-refractivity contribution in [2.45, 2.75) is 31.3 Å². The first-order valence-electron chi connectivity index (χ1n) is 6.54. The van der Waals surface area contributed by atoms with Crippen LogP contribution in [0.15, 0.2) is 29.8 Å². The highest BCUT2D eigenvalue weighted by Crippen LogP contribution is 2.16. The Balaban J connectivity index is 2.88. The zero-order valence-electron chi connectivity index (χ0n) is 12.0. The van der Waals surface area contributed by atoms with Gasteiger partial charge in [0.15, 0.2) is 0 Å². The van der Waals surface area contributed by atoms with E-state index in [1.807, 2.05) is 13.8 Å². The van der Waals surface area contributed by atoms with Gasteiger partial charge in [0.25, 0.3) is 0 Å². The first kappa shape index (κ1) is 16.9. The van der Waals surface area contributed by atoms with Crippen LogP contribution in [0.25, 0.3) is 0 Å². The van der Waals surface area contributed by atoms with Crippen molar-refractivity contribution in [2.24, 2.45) is 0 Å². The zero-order valence-corrected chi connectivity index (χ0v) is 12.8. The van der Waals surface area contributed by atoms with Crippen LogP contribution < -0.4 is 5.32 Å². The largest absolute Gasteiger partial charge is 0.395 e. The fourth-order valence-electron chi connectivity index (χ4n) is 1.70. The van der Waals surface area contributed by atoms with Crippen molar-refractivity contribution in [1.82, 2.24) is 14.6 Å². The van der Waals surface area contributed by atoms with Crippen LogP contribution in [0, 0.1) is 0 Å². The van der Waals surface area contributed by atoms with Crippen molar-refractivity contribution < 1.29 is 13.5 Å². The lowest BCUT2D eigenvalue weighted by Crippen LogP contribution is -2.33. The number of sulfonamides is 1. The highest BCUT2D eigenvalue weighted by Gasteiger charge is 2.24. The molecule has 114 valence electrons. The summed E-state index contributed by atoms with van der Waals surface area (Å²) in [6, 6.07) is 1.93. The predicted octanol–water partition coefficient (Wildman–Crippen LogP) is 0.682. The summed E-state index contributed by atoms with van der Waals surface area (Å²) in [6.45, 7) is 8.17. The Hall–Kier alpha value is -1.15. The number of hydrogen-bond acceptors (Lipinski definition) is 4. The van der Waals surface area contributed by atoms with Gasteiger partial charge in [-0.05, 0) is 6.07 Å². The number of nitrogens with one attached hydrogen (secondary N) is 2. The van der Waals surface area contributed by atoms with Crippen molar-refractivity contribution in [3.8, 4) is 0 Å². The van der Waals surface area contributed by atoms with E-state index in [0.29, 0.717) is 12.6 Å². The van der Waals surface area contributed by atoms with Gasteiger partial charge in [0.1, 0.15) is 0 Å². The van der Waals surface area contributed by atoms with Crippen LogP contribution in [0.2, 0.25) is 0 Å². The Morgan fingerprint density at radius 3 is 2.80 bits per heavy atom. The average Bonchev–Trinajstić information content (AvgIpc) is 2.85. The summed E-state index contributed by atoms with van der Waals surface area (Å²) in [5, 5.41) is 12.2. The van der Waals surface area contributed by atoms with E-state index in [9.17, 15) is 8.42 Å². The van der Waals surface area contributed by atoms with E-state index in [-0.39, 0.29) is 24.6 Å². The van der Waals surface area contributed by atoms with Crippen LogP contribution in [0.4, 0.5) is 0 Å². The van der Waals surface area contributed by atoms with Gasteiger partial charge in [0.2, 0.25) is 10.0 Å². The molecule has 6 nitrogen and oxygen atoms in total. The quantitative estimate of drug-likeness (QED) is 0.586. The van der Waals surface area contributed by atoms with Gasteiger partial charge in [-0.2, -0.15) is 4.31 Å². The van der Waals surface area contributed by atoms with Crippen LogP contribution in [0.1, 0.15) is 19.5 Å². The molecule has 1 rings (SSSR count). The molecule has 0 fully saturated rings. The fraction of sp³-hybridized carbons (Fsp3) is 0.538. The van der Waals surface area contributed by atoms with Crippen molar-refractivity contribution in [3.05, 3.63) is 30.6 Å². The van der Waals surface area contributed by atoms with Crippen LogP contribution in [0.5, 0.6) is 0 Å². The topological polar surface area (TPSA) is 85.4 Å². The molecule has 3 N–H and O–H groups in total. The van der Waals surface area contributed by atoms with Crippen LogP contribution >= 0.6 is 0 Å². The maximum atomic E-state index is 12.4. The van der Waals surface area contributed by atoms with E-state index >= 15 is 0 Å². The molecule has 0 bridgehead atoms. The molecular formula is C13H23N3O3S. The molecule has 0 saturated heterocycles. The monoisotopic (exact) mass is 301 g/mol. The van der Waals surface area contributed by atoms with Crippen molar-refractivity contribution in [2.75, 3.05) is 19.7 Å². The normalized spacial score (nSPS) is 12.2. The molecule has 0 saturated carbocycles. The van der Waals surface area contributed by atoms with Gasteiger partial charge in [-0.3, -0.25) is 0 Å². The standard InChI is InChI=1S/C13H23N3O3S/c1-4-5-16(6-7-17)20(18,19)13-8-12(15-10-13)9-14-11(2)3/h4,8,10-11,14-15,17H,1,5-7,9H2,2-3H3. The summed E-state index contributed by atoms with van der Waals surface area (Å²) in [6.07, 6.45) is 2.97. The highest BCUT2D eigenvalue weighted by molar-refractivity contribution is 7.89.